The number of methoxy groups -OCH3 is 1. The highest BCUT2D eigenvalue weighted by molar-refractivity contribution is 6.30. The number of halogens is 1. The maximum atomic E-state index is 12.0. The number of hydrogen-bond acceptors (Lipinski definition) is 3. The van der Waals surface area contributed by atoms with Crippen molar-refractivity contribution in [3.63, 3.8) is 0 Å². The van der Waals surface area contributed by atoms with Crippen LogP contribution in [0.2, 0.25) is 5.02 Å². The Labute approximate surface area is 119 Å². The van der Waals surface area contributed by atoms with Crippen LogP contribution >= 0.6 is 11.6 Å². The number of benzene rings is 1. The molecule has 2 unspecified atom stereocenters. The first-order valence-corrected chi connectivity index (χ1v) is 6.76. The van der Waals surface area contributed by atoms with Crippen LogP contribution in [0.25, 0.3) is 0 Å². The van der Waals surface area contributed by atoms with E-state index in [0.29, 0.717) is 18.1 Å². The van der Waals surface area contributed by atoms with E-state index in [9.17, 15) is 4.79 Å². The zero-order chi connectivity index (χ0) is 14.3. The molecule has 0 radical (unpaired) electrons. The molecule has 0 bridgehead atoms. The van der Waals surface area contributed by atoms with Crippen LogP contribution in [0.3, 0.4) is 0 Å². The van der Waals surface area contributed by atoms with Crippen LogP contribution in [-0.4, -0.2) is 25.7 Å². The van der Waals surface area contributed by atoms with Crippen molar-refractivity contribution in [3.8, 4) is 0 Å². The molecule has 1 rings (SSSR count). The van der Waals surface area contributed by atoms with Crippen LogP contribution in [0.4, 0.5) is 0 Å². The fourth-order valence-electron chi connectivity index (χ4n) is 1.80. The van der Waals surface area contributed by atoms with Gasteiger partial charge in [0.1, 0.15) is 0 Å². The molecule has 0 saturated heterocycles. The van der Waals surface area contributed by atoms with E-state index in [0.717, 1.165) is 12.0 Å². The summed E-state index contributed by atoms with van der Waals surface area (Å²) in [5.74, 6) is -0.163. The highest BCUT2D eigenvalue weighted by atomic mass is 35.5. The topological polar surface area (TPSA) is 64.4 Å². The van der Waals surface area contributed by atoms with Crippen LogP contribution in [0.15, 0.2) is 24.3 Å². The van der Waals surface area contributed by atoms with Gasteiger partial charge in [0.2, 0.25) is 5.91 Å². The van der Waals surface area contributed by atoms with Crippen molar-refractivity contribution in [1.29, 1.82) is 0 Å². The van der Waals surface area contributed by atoms with E-state index in [1.54, 1.807) is 7.11 Å². The summed E-state index contributed by atoms with van der Waals surface area (Å²) in [4.78, 5) is 12.0. The Morgan fingerprint density at radius 3 is 2.84 bits per heavy atom. The van der Waals surface area contributed by atoms with Gasteiger partial charge in [-0.2, -0.15) is 0 Å². The van der Waals surface area contributed by atoms with Crippen molar-refractivity contribution in [1.82, 2.24) is 5.32 Å². The Kier molecular flexibility index (Phi) is 6.84. The number of hydrogen-bond donors (Lipinski definition) is 2. The van der Waals surface area contributed by atoms with Crippen LogP contribution in [0.5, 0.6) is 0 Å². The molecule has 106 valence electrons. The number of nitrogens with one attached hydrogen (secondary N) is 1. The number of rotatable bonds is 7. The van der Waals surface area contributed by atoms with Gasteiger partial charge in [0.25, 0.3) is 0 Å². The van der Waals surface area contributed by atoms with Gasteiger partial charge in [-0.05, 0) is 30.5 Å². The second-order valence-corrected chi connectivity index (χ2v) is 4.85. The highest BCUT2D eigenvalue weighted by Crippen LogP contribution is 2.20. The maximum absolute atomic E-state index is 12.0. The standard InChI is InChI=1S/C14H21ClN2O2/c1-3-13(10-5-4-6-11(15)9-10)17-14(18)12(16)7-8-19-2/h4-6,9,12-13H,3,7-8,16H2,1-2H3,(H,17,18). The SMILES string of the molecule is CCC(NC(=O)C(N)CCOC)c1cccc(Cl)c1. The molecule has 1 aromatic carbocycles. The van der Waals surface area contributed by atoms with E-state index < -0.39 is 6.04 Å². The Balaban J connectivity index is 2.64. The first kappa shape index (κ1) is 16.0. The van der Waals surface area contributed by atoms with Crippen LogP contribution in [0, 0.1) is 0 Å². The average molecular weight is 285 g/mol. The van der Waals surface area contributed by atoms with Gasteiger partial charge in [0.05, 0.1) is 12.1 Å². The van der Waals surface area contributed by atoms with Crippen LogP contribution in [0.1, 0.15) is 31.4 Å². The summed E-state index contributed by atoms with van der Waals surface area (Å²) in [5, 5.41) is 3.60. The first-order valence-electron chi connectivity index (χ1n) is 6.38. The third-order valence-electron chi connectivity index (χ3n) is 2.95. The average Bonchev–Trinajstić information content (AvgIpc) is 2.41. The fourth-order valence-corrected chi connectivity index (χ4v) is 2.00. The number of carbonyl (C=O) groups excluding carboxylic acids is 1. The van der Waals surface area contributed by atoms with Gasteiger partial charge in [0.15, 0.2) is 0 Å². The molecule has 5 heteroatoms. The van der Waals surface area contributed by atoms with Crippen molar-refractivity contribution in [2.45, 2.75) is 31.8 Å². The van der Waals surface area contributed by atoms with E-state index in [4.69, 9.17) is 22.1 Å². The Hall–Kier alpha value is -1.10. The molecule has 0 saturated carbocycles. The maximum Gasteiger partial charge on any atom is 0.237 e. The summed E-state index contributed by atoms with van der Waals surface area (Å²) in [6.45, 7) is 2.48. The van der Waals surface area contributed by atoms with E-state index in [-0.39, 0.29) is 11.9 Å². The third kappa shape index (κ3) is 5.19. The molecule has 3 N–H and O–H groups in total. The summed E-state index contributed by atoms with van der Waals surface area (Å²) in [6.07, 6.45) is 1.29. The summed E-state index contributed by atoms with van der Waals surface area (Å²) in [6, 6.07) is 6.87. The molecule has 0 aliphatic carbocycles. The predicted octanol–water partition coefficient (Wildman–Crippen LogP) is 2.27. The second-order valence-electron chi connectivity index (χ2n) is 4.41. The van der Waals surface area contributed by atoms with Gasteiger partial charge < -0.3 is 15.8 Å². The van der Waals surface area contributed by atoms with Gasteiger partial charge >= 0.3 is 0 Å². The minimum Gasteiger partial charge on any atom is -0.385 e. The first-order chi connectivity index (χ1) is 9.08. The van der Waals surface area contributed by atoms with Gasteiger partial charge in [-0.25, -0.2) is 0 Å². The summed E-state index contributed by atoms with van der Waals surface area (Å²) < 4.78 is 4.92. The summed E-state index contributed by atoms with van der Waals surface area (Å²) in [5.41, 5.74) is 6.78. The molecule has 0 spiro atoms. The summed E-state index contributed by atoms with van der Waals surface area (Å²) in [7, 11) is 1.59. The van der Waals surface area contributed by atoms with E-state index >= 15 is 0 Å². The summed E-state index contributed by atoms with van der Waals surface area (Å²) >= 11 is 5.96. The van der Waals surface area contributed by atoms with E-state index in [2.05, 4.69) is 5.32 Å². The molecule has 4 nitrogen and oxygen atoms in total. The number of ether oxygens (including phenoxy) is 1. The van der Waals surface area contributed by atoms with Crippen molar-refractivity contribution in [3.05, 3.63) is 34.9 Å². The normalized spacial score (nSPS) is 13.9. The molecule has 0 aliphatic rings. The van der Waals surface area contributed by atoms with E-state index in [1.165, 1.54) is 0 Å². The molecule has 1 aromatic rings. The number of carbonyl (C=O) groups is 1. The number of amides is 1. The minimum atomic E-state index is -0.548. The second kappa shape index (κ2) is 8.15. The van der Waals surface area contributed by atoms with Crippen molar-refractivity contribution in [2.75, 3.05) is 13.7 Å². The fraction of sp³-hybridized carbons (Fsp3) is 0.500. The molecule has 2 atom stereocenters. The van der Waals surface area contributed by atoms with Crippen molar-refractivity contribution >= 4 is 17.5 Å². The minimum absolute atomic E-state index is 0.0696. The lowest BCUT2D eigenvalue weighted by Gasteiger charge is -2.20. The quantitative estimate of drug-likeness (QED) is 0.807. The largest absolute Gasteiger partial charge is 0.385 e. The smallest absolute Gasteiger partial charge is 0.237 e. The zero-order valence-corrected chi connectivity index (χ0v) is 12.1. The Morgan fingerprint density at radius 1 is 1.53 bits per heavy atom. The Bertz CT molecular complexity index is 412. The van der Waals surface area contributed by atoms with Gasteiger partial charge in [-0.15, -0.1) is 0 Å². The van der Waals surface area contributed by atoms with Crippen LogP contribution in [-0.2, 0) is 9.53 Å². The third-order valence-corrected chi connectivity index (χ3v) is 3.18. The molecular weight excluding hydrogens is 264 g/mol. The van der Waals surface area contributed by atoms with Crippen molar-refractivity contribution < 1.29 is 9.53 Å². The van der Waals surface area contributed by atoms with Crippen LogP contribution < -0.4 is 11.1 Å². The Morgan fingerprint density at radius 2 is 2.26 bits per heavy atom. The predicted molar refractivity (Wildman–Crippen MR) is 77.1 cm³/mol. The molecule has 1 amide bonds. The molecule has 0 aliphatic heterocycles. The number of nitrogens with two attached hydrogens (primary N) is 1. The molecule has 19 heavy (non-hydrogen) atoms. The van der Waals surface area contributed by atoms with Crippen molar-refractivity contribution in [2.24, 2.45) is 5.73 Å². The highest BCUT2D eigenvalue weighted by Gasteiger charge is 2.18. The monoisotopic (exact) mass is 284 g/mol. The van der Waals surface area contributed by atoms with Gasteiger partial charge in [-0.3, -0.25) is 4.79 Å². The molecular formula is C14H21ClN2O2. The van der Waals surface area contributed by atoms with Gasteiger partial charge in [0, 0.05) is 18.7 Å². The lowest BCUT2D eigenvalue weighted by atomic mass is 10.0. The van der Waals surface area contributed by atoms with Gasteiger partial charge in [-0.1, -0.05) is 30.7 Å². The zero-order valence-electron chi connectivity index (χ0n) is 11.4. The molecule has 0 aromatic heterocycles. The molecule has 0 fully saturated rings. The lowest BCUT2D eigenvalue weighted by Crippen LogP contribution is -2.42. The lowest BCUT2D eigenvalue weighted by molar-refractivity contribution is -0.123. The molecule has 0 heterocycles. The van der Waals surface area contributed by atoms with E-state index in [1.807, 2.05) is 31.2 Å².